The summed E-state index contributed by atoms with van der Waals surface area (Å²) in [4.78, 5) is 0. The minimum Gasteiger partial charge on any atom is -0.392 e. The second-order valence-electron chi connectivity index (χ2n) is 5.08. The predicted molar refractivity (Wildman–Crippen MR) is 53.4 cm³/mol. The first-order valence-electron chi connectivity index (χ1n) is 4.78. The molecule has 3 rings (SSSR count). The molecule has 0 spiro atoms. The zero-order valence-electron chi connectivity index (χ0n) is 8.13. The molecular weight excluding hydrogens is 168 g/mol. The van der Waals surface area contributed by atoms with Gasteiger partial charge in [-0.2, -0.15) is 11.8 Å². The minimum absolute atomic E-state index is 0.0718. The Balaban J connectivity index is 2.27. The van der Waals surface area contributed by atoms with Crippen molar-refractivity contribution in [1.82, 2.24) is 0 Å². The summed E-state index contributed by atoms with van der Waals surface area (Å²) in [6, 6.07) is 0. The van der Waals surface area contributed by atoms with Gasteiger partial charge in [-0.1, -0.05) is 13.8 Å². The fourth-order valence-corrected chi connectivity index (χ4v) is 4.24. The van der Waals surface area contributed by atoms with Gasteiger partial charge in [-0.25, -0.2) is 0 Å². The molecule has 2 heterocycles. The molecule has 1 aliphatic carbocycles. The van der Waals surface area contributed by atoms with E-state index >= 15 is 0 Å². The summed E-state index contributed by atoms with van der Waals surface area (Å²) in [5.74, 6) is 2.02. The maximum absolute atomic E-state index is 9.92. The van der Waals surface area contributed by atoms with E-state index in [2.05, 4.69) is 20.8 Å². The van der Waals surface area contributed by atoms with Gasteiger partial charge in [0.25, 0.3) is 0 Å². The van der Waals surface area contributed by atoms with Crippen LogP contribution in [0.4, 0.5) is 0 Å². The monoisotopic (exact) mass is 186 g/mol. The van der Waals surface area contributed by atoms with Gasteiger partial charge in [-0.3, -0.25) is 0 Å². The molecule has 0 radical (unpaired) electrons. The molecule has 3 aliphatic rings. The van der Waals surface area contributed by atoms with Crippen molar-refractivity contribution >= 4 is 11.8 Å². The van der Waals surface area contributed by atoms with Gasteiger partial charge in [0.1, 0.15) is 0 Å². The Kier molecular flexibility index (Phi) is 1.79. The van der Waals surface area contributed by atoms with Crippen molar-refractivity contribution in [2.24, 2.45) is 11.3 Å². The average Bonchev–Trinajstić information content (AvgIpc) is 1.96. The SMILES string of the molecule is CC1CC2(C)SCC1(C)CC2O. The molecule has 0 aromatic heterocycles. The smallest absolute Gasteiger partial charge is 0.0689 e. The molecule has 3 fully saturated rings. The highest BCUT2D eigenvalue weighted by Crippen LogP contribution is 2.57. The molecule has 2 bridgehead atoms. The average molecular weight is 186 g/mol. The van der Waals surface area contributed by atoms with Gasteiger partial charge in [0, 0.05) is 4.75 Å². The van der Waals surface area contributed by atoms with Crippen LogP contribution in [0.25, 0.3) is 0 Å². The highest BCUT2D eigenvalue weighted by atomic mass is 32.2. The van der Waals surface area contributed by atoms with E-state index < -0.39 is 0 Å². The number of aliphatic hydroxyl groups is 1. The molecule has 4 atom stereocenters. The van der Waals surface area contributed by atoms with Gasteiger partial charge in [0.05, 0.1) is 6.10 Å². The molecule has 0 amide bonds. The lowest BCUT2D eigenvalue weighted by molar-refractivity contribution is -0.00361. The Morgan fingerprint density at radius 3 is 2.42 bits per heavy atom. The van der Waals surface area contributed by atoms with E-state index in [1.54, 1.807) is 0 Å². The molecule has 0 aromatic rings. The number of rotatable bonds is 0. The lowest BCUT2D eigenvalue weighted by Crippen LogP contribution is -2.55. The Labute approximate surface area is 78.9 Å². The van der Waals surface area contributed by atoms with Gasteiger partial charge < -0.3 is 5.11 Å². The van der Waals surface area contributed by atoms with Gasteiger partial charge in [0.15, 0.2) is 0 Å². The van der Waals surface area contributed by atoms with E-state index in [0.717, 1.165) is 12.3 Å². The molecule has 2 saturated heterocycles. The molecule has 0 aromatic carbocycles. The molecule has 12 heavy (non-hydrogen) atoms. The second-order valence-corrected chi connectivity index (χ2v) is 6.59. The fraction of sp³-hybridized carbons (Fsp3) is 1.00. The van der Waals surface area contributed by atoms with E-state index in [9.17, 15) is 5.11 Å². The number of fused-ring (bicyclic) bond motifs is 3. The van der Waals surface area contributed by atoms with Crippen LogP contribution in [0.15, 0.2) is 0 Å². The Hall–Kier alpha value is 0.310. The Morgan fingerprint density at radius 2 is 2.00 bits per heavy atom. The molecule has 1 saturated carbocycles. The van der Waals surface area contributed by atoms with Crippen LogP contribution in [0.3, 0.4) is 0 Å². The van der Waals surface area contributed by atoms with Gasteiger partial charge in [0.2, 0.25) is 0 Å². The van der Waals surface area contributed by atoms with Crippen molar-refractivity contribution in [2.75, 3.05) is 5.75 Å². The van der Waals surface area contributed by atoms with E-state index in [4.69, 9.17) is 0 Å². The zero-order chi connectivity index (χ0) is 8.98. The topological polar surface area (TPSA) is 20.2 Å². The van der Waals surface area contributed by atoms with Crippen LogP contribution in [0.1, 0.15) is 33.6 Å². The van der Waals surface area contributed by atoms with Crippen LogP contribution in [0.2, 0.25) is 0 Å². The van der Waals surface area contributed by atoms with Crippen LogP contribution in [-0.4, -0.2) is 21.7 Å². The molecule has 2 heteroatoms. The largest absolute Gasteiger partial charge is 0.392 e. The third-order valence-electron chi connectivity index (χ3n) is 4.00. The molecule has 70 valence electrons. The molecular formula is C10H18OS. The zero-order valence-corrected chi connectivity index (χ0v) is 8.95. The van der Waals surface area contributed by atoms with Crippen molar-refractivity contribution in [3.8, 4) is 0 Å². The number of aliphatic hydroxyl groups excluding tert-OH is 1. The molecule has 1 nitrogen and oxygen atoms in total. The van der Waals surface area contributed by atoms with Gasteiger partial charge >= 0.3 is 0 Å². The standard InChI is InChI=1S/C10H18OS/c1-7-4-10(3)8(11)5-9(7,2)6-12-10/h7-8,11H,4-6H2,1-3H3. The van der Waals surface area contributed by atoms with Crippen LogP contribution < -0.4 is 0 Å². The van der Waals surface area contributed by atoms with Crippen molar-refractivity contribution < 1.29 is 5.11 Å². The van der Waals surface area contributed by atoms with E-state index in [-0.39, 0.29) is 10.9 Å². The molecule has 2 aliphatic heterocycles. The van der Waals surface area contributed by atoms with E-state index in [0.29, 0.717) is 5.41 Å². The number of hydrogen-bond donors (Lipinski definition) is 1. The number of thioether (sulfide) groups is 1. The summed E-state index contributed by atoms with van der Waals surface area (Å²) in [5.41, 5.74) is 0.405. The van der Waals surface area contributed by atoms with Crippen molar-refractivity contribution in [1.29, 1.82) is 0 Å². The Bertz CT molecular complexity index is 184. The normalized spacial score (nSPS) is 59.0. The van der Waals surface area contributed by atoms with Crippen LogP contribution in [0.5, 0.6) is 0 Å². The predicted octanol–water partition coefficient (Wildman–Crippen LogP) is 2.29. The van der Waals surface area contributed by atoms with Gasteiger partial charge in [-0.15, -0.1) is 0 Å². The van der Waals surface area contributed by atoms with Crippen molar-refractivity contribution in [3.05, 3.63) is 0 Å². The highest BCUT2D eigenvalue weighted by molar-refractivity contribution is 8.00. The highest BCUT2D eigenvalue weighted by Gasteiger charge is 2.53. The third kappa shape index (κ3) is 1.04. The van der Waals surface area contributed by atoms with Crippen LogP contribution >= 0.6 is 11.8 Å². The summed E-state index contributed by atoms with van der Waals surface area (Å²) in [7, 11) is 0. The molecule has 1 N–H and O–H groups in total. The van der Waals surface area contributed by atoms with Crippen LogP contribution in [-0.2, 0) is 0 Å². The van der Waals surface area contributed by atoms with Crippen molar-refractivity contribution in [2.45, 2.75) is 44.5 Å². The maximum atomic E-state index is 9.92. The maximum Gasteiger partial charge on any atom is 0.0689 e. The first kappa shape index (κ1) is 8.89. The second kappa shape index (κ2) is 2.42. The first-order valence-corrected chi connectivity index (χ1v) is 5.77. The summed E-state index contributed by atoms with van der Waals surface area (Å²) in [6.45, 7) is 6.88. The first-order chi connectivity index (χ1) is 5.46. The van der Waals surface area contributed by atoms with E-state index in [1.165, 1.54) is 12.2 Å². The summed E-state index contributed by atoms with van der Waals surface area (Å²) < 4.78 is 0.164. The lowest BCUT2D eigenvalue weighted by atomic mass is 9.64. The van der Waals surface area contributed by atoms with Crippen LogP contribution in [0, 0.1) is 11.3 Å². The third-order valence-corrected chi connectivity index (χ3v) is 5.90. The lowest BCUT2D eigenvalue weighted by Gasteiger charge is -2.56. The summed E-state index contributed by atoms with van der Waals surface area (Å²) in [5, 5.41) is 9.92. The Morgan fingerprint density at radius 1 is 1.33 bits per heavy atom. The van der Waals surface area contributed by atoms with Crippen molar-refractivity contribution in [3.63, 3.8) is 0 Å². The summed E-state index contributed by atoms with van der Waals surface area (Å²) in [6.07, 6.45) is 2.13. The quantitative estimate of drug-likeness (QED) is 0.626. The number of hydrogen-bond acceptors (Lipinski definition) is 2. The summed E-state index contributed by atoms with van der Waals surface area (Å²) >= 11 is 1.98. The molecule has 4 unspecified atom stereocenters. The van der Waals surface area contributed by atoms with Gasteiger partial charge in [-0.05, 0) is 36.9 Å². The fourth-order valence-electron chi connectivity index (χ4n) is 2.54. The van der Waals surface area contributed by atoms with E-state index in [1.807, 2.05) is 11.8 Å². The minimum atomic E-state index is -0.0718.